The van der Waals surface area contributed by atoms with Gasteiger partial charge in [0.2, 0.25) is 10.0 Å². The van der Waals surface area contributed by atoms with Crippen molar-refractivity contribution in [3.05, 3.63) is 53.6 Å². The second-order valence-corrected chi connectivity index (χ2v) is 11.5. The van der Waals surface area contributed by atoms with Crippen LogP contribution in [0.15, 0.2) is 42.5 Å². The van der Waals surface area contributed by atoms with Gasteiger partial charge in [0.05, 0.1) is 24.5 Å². The molecule has 2 aromatic rings. The number of nitrogens with zero attached hydrogens (tertiary/aromatic N) is 1. The molecule has 1 saturated heterocycles. The number of carbonyl (C=O) groups excluding carboxylic acids is 1. The highest BCUT2D eigenvalue weighted by atomic mass is 32.2. The van der Waals surface area contributed by atoms with E-state index in [1.807, 2.05) is 0 Å². The molecule has 1 fully saturated rings. The Kier molecular flexibility index (Phi) is 10.3. The number of carbonyl (C=O) groups is 3. The van der Waals surface area contributed by atoms with E-state index < -0.39 is 46.4 Å². The van der Waals surface area contributed by atoms with Crippen LogP contribution in [0.1, 0.15) is 41.3 Å². The van der Waals surface area contributed by atoms with E-state index in [1.165, 1.54) is 18.2 Å². The Morgan fingerprint density at radius 2 is 1.70 bits per heavy atom. The Hall–Kier alpha value is -3.88. The van der Waals surface area contributed by atoms with Gasteiger partial charge < -0.3 is 36.0 Å². The molecule has 2 aromatic carbocycles. The van der Waals surface area contributed by atoms with Gasteiger partial charge >= 0.3 is 11.9 Å². The number of aliphatic carboxylic acids is 2. The summed E-state index contributed by atoms with van der Waals surface area (Å²) in [6.07, 6.45) is 1.14. The second-order valence-electron chi connectivity index (χ2n) is 9.76. The standard InChI is InChI=1S/C26H34N4O9S/c1-40(38,39)29-20-12-18(4-7-22(20)31)23(32)15-27-14-16-8-10-30(11-9-16)19-5-2-17(3-6-19)25(35)28-21(26(36)37)13-24(33)34/h2-7,12,16,21,23,27,29,31-32H,8-11,13-15H2,1H3,(H,28,35)(H,33,34)(H,36,37)/t21-,23+/m0/s1. The molecule has 1 heterocycles. The molecule has 3 rings (SSSR count). The van der Waals surface area contributed by atoms with Gasteiger partial charge in [0, 0.05) is 30.9 Å². The summed E-state index contributed by atoms with van der Waals surface area (Å²) in [5, 5.41) is 43.8. The highest BCUT2D eigenvalue weighted by Gasteiger charge is 2.24. The summed E-state index contributed by atoms with van der Waals surface area (Å²) in [4.78, 5) is 36.5. The quantitative estimate of drug-likeness (QED) is 0.167. The van der Waals surface area contributed by atoms with Gasteiger partial charge in [0.1, 0.15) is 11.8 Å². The first kappa shape index (κ1) is 30.7. The van der Waals surface area contributed by atoms with Gasteiger partial charge in [-0.1, -0.05) is 6.07 Å². The second kappa shape index (κ2) is 13.5. The molecule has 7 N–H and O–H groups in total. The molecule has 0 aromatic heterocycles. The number of sulfonamides is 1. The predicted molar refractivity (Wildman–Crippen MR) is 147 cm³/mol. The van der Waals surface area contributed by atoms with Crippen LogP contribution >= 0.6 is 0 Å². The Balaban J connectivity index is 1.45. The Morgan fingerprint density at radius 1 is 1.05 bits per heavy atom. The monoisotopic (exact) mass is 578 g/mol. The summed E-state index contributed by atoms with van der Waals surface area (Å²) in [6, 6.07) is 9.41. The van der Waals surface area contributed by atoms with Crippen LogP contribution in [0.4, 0.5) is 11.4 Å². The number of aromatic hydroxyl groups is 1. The minimum absolute atomic E-state index is 0.00252. The number of nitrogens with one attached hydrogen (secondary N) is 3. The molecule has 14 heteroatoms. The topological polar surface area (TPSA) is 206 Å². The zero-order valence-electron chi connectivity index (χ0n) is 21.9. The third kappa shape index (κ3) is 9.10. The van der Waals surface area contributed by atoms with Crippen LogP contribution in [0.25, 0.3) is 0 Å². The van der Waals surface area contributed by atoms with Crippen molar-refractivity contribution in [2.24, 2.45) is 5.92 Å². The number of carboxylic acid groups (broad SMARTS) is 2. The molecular weight excluding hydrogens is 544 g/mol. The Morgan fingerprint density at radius 3 is 2.27 bits per heavy atom. The number of hydrogen-bond donors (Lipinski definition) is 7. The van der Waals surface area contributed by atoms with Crippen LogP contribution < -0.4 is 20.3 Å². The summed E-state index contributed by atoms with van der Waals surface area (Å²) in [5.41, 5.74) is 1.60. The van der Waals surface area contributed by atoms with E-state index in [0.29, 0.717) is 18.0 Å². The van der Waals surface area contributed by atoms with Gasteiger partial charge in [0.25, 0.3) is 5.91 Å². The average Bonchev–Trinajstić information content (AvgIpc) is 2.89. The first-order valence-electron chi connectivity index (χ1n) is 12.6. The van der Waals surface area contributed by atoms with Crippen molar-refractivity contribution in [3.63, 3.8) is 0 Å². The van der Waals surface area contributed by atoms with Crippen molar-refractivity contribution in [2.75, 3.05) is 42.1 Å². The van der Waals surface area contributed by atoms with E-state index in [9.17, 15) is 33.0 Å². The SMILES string of the molecule is CS(=O)(=O)Nc1cc([C@H](O)CNCC2CCN(c3ccc(C(=O)N[C@@H](CC(=O)O)C(=O)O)cc3)CC2)ccc1O. The lowest BCUT2D eigenvalue weighted by atomic mass is 9.96. The number of phenols is 1. The van der Waals surface area contributed by atoms with Crippen molar-refractivity contribution in [1.82, 2.24) is 10.6 Å². The molecule has 0 saturated carbocycles. The predicted octanol–water partition coefficient (Wildman–Crippen LogP) is 0.961. The molecule has 218 valence electrons. The lowest BCUT2D eigenvalue weighted by Crippen LogP contribution is -2.42. The van der Waals surface area contributed by atoms with Crippen LogP contribution in [-0.4, -0.2) is 85.2 Å². The maximum absolute atomic E-state index is 12.4. The number of anilines is 2. The summed E-state index contributed by atoms with van der Waals surface area (Å²) in [5.74, 6) is -3.27. The van der Waals surface area contributed by atoms with Crippen molar-refractivity contribution < 1.29 is 43.2 Å². The van der Waals surface area contributed by atoms with Gasteiger partial charge in [-0.15, -0.1) is 0 Å². The Labute approximate surface area is 231 Å². The van der Waals surface area contributed by atoms with Crippen molar-refractivity contribution in [2.45, 2.75) is 31.4 Å². The molecule has 2 atom stereocenters. The number of benzene rings is 2. The number of rotatable bonds is 13. The van der Waals surface area contributed by atoms with Crippen molar-refractivity contribution in [1.29, 1.82) is 0 Å². The van der Waals surface area contributed by atoms with E-state index in [4.69, 9.17) is 10.2 Å². The first-order valence-corrected chi connectivity index (χ1v) is 14.5. The van der Waals surface area contributed by atoms with Gasteiger partial charge in [-0.2, -0.15) is 0 Å². The van der Waals surface area contributed by atoms with Crippen LogP contribution in [0.5, 0.6) is 5.75 Å². The molecular formula is C26H34N4O9S. The largest absolute Gasteiger partial charge is 0.506 e. The third-order valence-corrected chi connectivity index (χ3v) is 7.15. The van der Waals surface area contributed by atoms with Crippen LogP contribution in [0, 0.1) is 5.92 Å². The van der Waals surface area contributed by atoms with E-state index in [1.54, 1.807) is 24.3 Å². The van der Waals surface area contributed by atoms with E-state index >= 15 is 0 Å². The maximum Gasteiger partial charge on any atom is 0.326 e. The van der Waals surface area contributed by atoms with Gasteiger partial charge in [-0.3, -0.25) is 14.3 Å². The smallest absolute Gasteiger partial charge is 0.326 e. The summed E-state index contributed by atoms with van der Waals surface area (Å²) >= 11 is 0. The summed E-state index contributed by atoms with van der Waals surface area (Å²) in [6.45, 7) is 2.48. The van der Waals surface area contributed by atoms with Crippen molar-refractivity contribution >= 4 is 39.2 Å². The van der Waals surface area contributed by atoms with E-state index in [2.05, 4.69) is 20.3 Å². The molecule has 0 radical (unpaired) electrons. The molecule has 1 amide bonds. The van der Waals surface area contributed by atoms with Crippen LogP contribution in [0.3, 0.4) is 0 Å². The highest BCUT2D eigenvalue weighted by molar-refractivity contribution is 7.92. The van der Waals surface area contributed by atoms with Gasteiger partial charge in [-0.25, -0.2) is 13.2 Å². The normalized spacial score (nSPS) is 15.7. The molecule has 0 bridgehead atoms. The Bertz CT molecular complexity index is 1310. The number of phenolic OH excluding ortho intramolecular Hbond substituents is 1. The zero-order chi connectivity index (χ0) is 29.4. The maximum atomic E-state index is 12.4. The molecule has 40 heavy (non-hydrogen) atoms. The number of hydrogen-bond acceptors (Lipinski definition) is 9. The van der Waals surface area contributed by atoms with Crippen LogP contribution in [-0.2, 0) is 19.6 Å². The number of aliphatic hydroxyl groups is 1. The van der Waals surface area contributed by atoms with Crippen molar-refractivity contribution in [3.8, 4) is 5.75 Å². The zero-order valence-corrected chi connectivity index (χ0v) is 22.7. The lowest BCUT2D eigenvalue weighted by molar-refractivity contribution is -0.145. The van der Waals surface area contributed by atoms with E-state index in [-0.39, 0.29) is 23.5 Å². The molecule has 13 nitrogen and oxygen atoms in total. The molecule has 0 unspecified atom stereocenters. The van der Waals surface area contributed by atoms with Crippen LogP contribution in [0.2, 0.25) is 0 Å². The molecule has 1 aliphatic rings. The average molecular weight is 579 g/mol. The lowest BCUT2D eigenvalue weighted by Gasteiger charge is -2.34. The van der Waals surface area contributed by atoms with E-state index in [0.717, 1.165) is 37.9 Å². The fourth-order valence-electron chi connectivity index (χ4n) is 4.42. The fourth-order valence-corrected chi connectivity index (χ4v) is 4.98. The fraction of sp³-hybridized carbons (Fsp3) is 0.423. The summed E-state index contributed by atoms with van der Waals surface area (Å²) < 4.78 is 25.2. The molecule has 0 aliphatic carbocycles. The number of amides is 1. The minimum Gasteiger partial charge on any atom is -0.506 e. The minimum atomic E-state index is -3.58. The third-order valence-electron chi connectivity index (χ3n) is 6.56. The molecule has 1 aliphatic heterocycles. The molecule has 0 spiro atoms. The number of carboxylic acids is 2. The first-order chi connectivity index (χ1) is 18.8. The highest BCUT2D eigenvalue weighted by Crippen LogP contribution is 2.28. The number of aliphatic hydroxyl groups excluding tert-OH is 1. The van der Waals surface area contributed by atoms with Gasteiger partial charge in [-0.05, 0) is 67.3 Å². The number of piperidine rings is 1. The summed E-state index contributed by atoms with van der Waals surface area (Å²) in [7, 11) is -3.58. The van der Waals surface area contributed by atoms with Gasteiger partial charge in [0.15, 0.2) is 0 Å².